The van der Waals surface area contributed by atoms with Crippen molar-refractivity contribution in [1.29, 1.82) is 0 Å². The second-order valence-corrected chi connectivity index (χ2v) is 5.49. The Labute approximate surface area is 129 Å². The van der Waals surface area contributed by atoms with Gasteiger partial charge < -0.3 is 14.7 Å². The summed E-state index contributed by atoms with van der Waals surface area (Å²) in [5.41, 5.74) is 1.33. The van der Waals surface area contributed by atoms with Crippen molar-refractivity contribution in [3.8, 4) is 0 Å². The van der Waals surface area contributed by atoms with E-state index >= 15 is 0 Å². The maximum absolute atomic E-state index is 10.8. The third-order valence-corrected chi connectivity index (χ3v) is 4.22. The maximum Gasteiger partial charge on any atom is 0.409 e. The molecular formula is C14H14BrN3O3. The van der Waals surface area contributed by atoms with Crippen LogP contribution in [-0.2, 0) is 4.74 Å². The van der Waals surface area contributed by atoms with Crippen LogP contribution in [0.15, 0.2) is 28.7 Å². The number of morpholine rings is 1. The molecule has 2 N–H and O–H groups in total. The Kier molecular flexibility index (Phi) is 3.94. The number of ether oxygens (including phenoxy) is 1. The van der Waals surface area contributed by atoms with E-state index < -0.39 is 6.09 Å². The van der Waals surface area contributed by atoms with E-state index in [4.69, 9.17) is 9.84 Å². The van der Waals surface area contributed by atoms with E-state index in [1.54, 1.807) is 6.07 Å². The van der Waals surface area contributed by atoms with Crippen LogP contribution in [0.2, 0.25) is 0 Å². The first kappa shape index (κ1) is 14.1. The third kappa shape index (κ3) is 2.93. The number of benzene rings is 1. The van der Waals surface area contributed by atoms with Crippen molar-refractivity contribution in [3.05, 3.63) is 28.7 Å². The lowest BCUT2D eigenvalue weighted by Gasteiger charge is -2.28. The van der Waals surface area contributed by atoms with Gasteiger partial charge in [-0.25, -0.2) is 9.78 Å². The minimum atomic E-state index is -1.09. The molecule has 0 radical (unpaired) electrons. The van der Waals surface area contributed by atoms with Gasteiger partial charge in [-0.2, -0.15) is 0 Å². The maximum atomic E-state index is 10.8. The number of hydrogen-bond donors (Lipinski definition) is 2. The average molecular weight is 352 g/mol. The first-order valence-corrected chi connectivity index (χ1v) is 7.36. The quantitative estimate of drug-likeness (QED) is 0.869. The first-order valence-electron chi connectivity index (χ1n) is 6.57. The van der Waals surface area contributed by atoms with E-state index in [1.807, 2.05) is 18.2 Å². The normalized spacial score (nSPS) is 15.2. The lowest BCUT2D eigenvalue weighted by Crippen LogP contribution is -2.36. The molecule has 2 heterocycles. The standard InChI is InChI=1S/C14H14BrN3O3/c15-13-9-1-4-12(18-5-7-21-8-6-18)16-10(9)2-3-11(13)17-14(19)20/h1-4,17H,5-8H2,(H,19,20). The Hall–Kier alpha value is -1.86. The summed E-state index contributed by atoms with van der Waals surface area (Å²) in [5, 5.41) is 12.0. The van der Waals surface area contributed by atoms with Crippen molar-refractivity contribution < 1.29 is 14.6 Å². The molecule has 21 heavy (non-hydrogen) atoms. The molecule has 0 unspecified atom stereocenters. The second-order valence-electron chi connectivity index (χ2n) is 4.69. The highest BCUT2D eigenvalue weighted by molar-refractivity contribution is 9.10. The molecule has 1 fully saturated rings. The number of anilines is 2. The molecule has 7 heteroatoms. The summed E-state index contributed by atoms with van der Waals surface area (Å²) >= 11 is 3.43. The van der Waals surface area contributed by atoms with Crippen LogP contribution >= 0.6 is 15.9 Å². The van der Waals surface area contributed by atoms with Gasteiger partial charge in [0.25, 0.3) is 0 Å². The molecule has 6 nitrogen and oxygen atoms in total. The molecule has 1 aromatic carbocycles. The van der Waals surface area contributed by atoms with Gasteiger partial charge in [0.2, 0.25) is 0 Å². The van der Waals surface area contributed by atoms with Gasteiger partial charge in [-0.15, -0.1) is 0 Å². The Bertz CT molecular complexity index is 686. The number of carbonyl (C=O) groups is 1. The number of aromatic nitrogens is 1. The molecule has 3 rings (SSSR count). The number of rotatable bonds is 2. The molecule has 1 aliphatic rings. The zero-order valence-electron chi connectivity index (χ0n) is 11.2. The summed E-state index contributed by atoms with van der Waals surface area (Å²) in [6.07, 6.45) is -1.09. The number of fused-ring (bicyclic) bond motifs is 1. The van der Waals surface area contributed by atoms with Gasteiger partial charge in [-0.3, -0.25) is 5.32 Å². The van der Waals surface area contributed by atoms with Gasteiger partial charge >= 0.3 is 6.09 Å². The number of amides is 1. The summed E-state index contributed by atoms with van der Waals surface area (Å²) in [5.74, 6) is 0.914. The molecule has 0 atom stereocenters. The number of halogens is 1. The van der Waals surface area contributed by atoms with Crippen LogP contribution in [0.25, 0.3) is 10.9 Å². The summed E-state index contributed by atoms with van der Waals surface area (Å²) in [4.78, 5) is 17.6. The molecular weight excluding hydrogens is 338 g/mol. The number of carboxylic acid groups (broad SMARTS) is 1. The van der Waals surface area contributed by atoms with Crippen molar-refractivity contribution in [2.45, 2.75) is 0 Å². The summed E-state index contributed by atoms with van der Waals surface area (Å²) in [7, 11) is 0. The molecule has 0 aliphatic carbocycles. The zero-order valence-corrected chi connectivity index (χ0v) is 12.8. The van der Waals surface area contributed by atoms with Gasteiger partial charge in [0, 0.05) is 18.5 Å². The molecule has 1 amide bonds. The Morgan fingerprint density at radius 3 is 2.76 bits per heavy atom. The number of nitrogens with one attached hydrogen (secondary N) is 1. The highest BCUT2D eigenvalue weighted by Crippen LogP contribution is 2.32. The molecule has 2 aromatic rings. The Morgan fingerprint density at radius 2 is 2.05 bits per heavy atom. The van der Waals surface area contributed by atoms with Crippen molar-refractivity contribution >= 4 is 44.4 Å². The van der Waals surface area contributed by atoms with Gasteiger partial charge in [0.05, 0.1) is 28.9 Å². The molecule has 110 valence electrons. The summed E-state index contributed by atoms with van der Waals surface area (Å²) in [6, 6.07) is 7.42. The van der Waals surface area contributed by atoms with Crippen LogP contribution < -0.4 is 10.2 Å². The molecule has 0 bridgehead atoms. The molecule has 0 saturated carbocycles. The third-order valence-electron chi connectivity index (χ3n) is 3.37. The first-order chi connectivity index (χ1) is 10.1. The average Bonchev–Trinajstić information content (AvgIpc) is 2.50. The van der Waals surface area contributed by atoms with Gasteiger partial charge in [0.15, 0.2) is 0 Å². The lowest BCUT2D eigenvalue weighted by molar-refractivity contribution is 0.122. The van der Waals surface area contributed by atoms with Crippen LogP contribution in [0.1, 0.15) is 0 Å². The van der Waals surface area contributed by atoms with E-state index in [9.17, 15) is 4.79 Å². The highest BCUT2D eigenvalue weighted by atomic mass is 79.9. The highest BCUT2D eigenvalue weighted by Gasteiger charge is 2.14. The smallest absolute Gasteiger partial charge is 0.409 e. The van der Waals surface area contributed by atoms with Crippen molar-refractivity contribution in [2.75, 3.05) is 36.5 Å². The van der Waals surface area contributed by atoms with E-state index in [0.29, 0.717) is 23.4 Å². The number of pyridine rings is 1. The lowest BCUT2D eigenvalue weighted by atomic mass is 10.2. The fourth-order valence-corrected chi connectivity index (χ4v) is 2.90. The van der Waals surface area contributed by atoms with E-state index in [1.165, 1.54) is 0 Å². The molecule has 0 spiro atoms. The molecule has 1 saturated heterocycles. The Morgan fingerprint density at radius 1 is 1.29 bits per heavy atom. The van der Waals surface area contributed by atoms with Crippen LogP contribution in [-0.4, -0.2) is 42.5 Å². The van der Waals surface area contributed by atoms with E-state index in [-0.39, 0.29) is 0 Å². The largest absolute Gasteiger partial charge is 0.465 e. The number of nitrogens with zero attached hydrogens (tertiary/aromatic N) is 2. The van der Waals surface area contributed by atoms with Crippen LogP contribution in [0, 0.1) is 0 Å². The fraction of sp³-hybridized carbons (Fsp3) is 0.286. The zero-order chi connectivity index (χ0) is 14.8. The SMILES string of the molecule is O=C(O)Nc1ccc2nc(N3CCOCC3)ccc2c1Br. The van der Waals surface area contributed by atoms with Crippen LogP contribution in [0.5, 0.6) is 0 Å². The monoisotopic (exact) mass is 351 g/mol. The van der Waals surface area contributed by atoms with Gasteiger partial charge in [0.1, 0.15) is 5.82 Å². The van der Waals surface area contributed by atoms with Gasteiger partial charge in [-0.05, 0) is 40.2 Å². The van der Waals surface area contributed by atoms with Crippen LogP contribution in [0.4, 0.5) is 16.3 Å². The summed E-state index contributed by atoms with van der Waals surface area (Å²) in [6.45, 7) is 3.09. The topological polar surface area (TPSA) is 74.7 Å². The molecule has 1 aliphatic heterocycles. The molecule has 1 aromatic heterocycles. The summed E-state index contributed by atoms with van der Waals surface area (Å²) < 4.78 is 6.04. The van der Waals surface area contributed by atoms with Crippen molar-refractivity contribution in [1.82, 2.24) is 4.98 Å². The number of hydrogen-bond acceptors (Lipinski definition) is 4. The minimum Gasteiger partial charge on any atom is -0.465 e. The predicted molar refractivity (Wildman–Crippen MR) is 84.1 cm³/mol. The fourth-order valence-electron chi connectivity index (χ4n) is 2.34. The van der Waals surface area contributed by atoms with Crippen molar-refractivity contribution in [3.63, 3.8) is 0 Å². The minimum absolute atomic E-state index is 0.510. The van der Waals surface area contributed by atoms with Crippen molar-refractivity contribution in [2.24, 2.45) is 0 Å². The van der Waals surface area contributed by atoms with E-state index in [0.717, 1.165) is 29.8 Å². The van der Waals surface area contributed by atoms with Gasteiger partial charge in [-0.1, -0.05) is 0 Å². The second kappa shape index (κ2) is 5.87. The Balaban J connectivity index is 1.97. The van der Waals surface area contributed by atoms with E-state index in [2.05, 4.69) is 31.1 Å². The van der Waals surface area contributed by atoms with Crippen LogP contribution in [0.3, 0.4) is 0 Å². The predicted octanol–water partition coefficient (Wildman–Crippen LogP) is 2.92.